The molecular formula is C23H29N3O6S. The van der Waals surface area contributed by atoms with Crippen LogP contribution in [0.5, 0.6) is 11.5 Å². The number of fused-ring (bicyclic) bond motifs is 1. The van der Waals surface area contributed by atoms with Crippen LogP contribution in [0.15, 0.2) is 36.4 Å². The summed E-state index contributed by atoms with van der Waals surface area (Å²) < 4.78 is 35.6. The molecule has 0 fully saturated rings. The first kappa shape index (κ1) is 24.4. The van der Waals surface area contributed by atoms with Gasteiger partial charge in [-0.15, -0.1) is 0 Å². The molecule has 1 aliphatic heterocycles. The average molecular weight is 476 g/mol. The number of carbonyl (C=O) groups excluding carboxylic acids is 2. The Morgan fingerprint density at radius 2 is 1.94 bits per heavy atom. The zero-order valence-electron chi connectivity index (χ0n) is 19.4. The Hall–Kier alpha value is -3.27. The predicted octanol–water partition coefficient (Wildman–Crippen LogP) is 2.93. The number of sulfone groups is 1. The first-order valence-corrected chi connectivity index (χ1v) is 12.5. The Kier molecular flexibility index (Phi) is 7.16. The molecule has 0 radical (unpaired) electrons. The van der Waals surface area contributed by atoms with Gasteiger partial charge in [0, 0.05) is 26.9 Å². The lowest BCUT2D eigenvalue weighted by Crippen LogP contribution is -2.34. The summed E-state index contributed by atoms with van der Waals surface area (Å²) in [7, 11) is 1.29. The van der Waals surface area contributed by atoms with Gasteiger partial charge in [-0.3, -0.25) is 4.79 Å². The van der Waals surface area contributed by atoms with Crippen molar-refractivity contribution >= 4 is 27.5 Å². The van der Waals surface area contributed by atoms with Crippen LogP contribution < -0.4 is 14.8 Å². The SMILES string of the molecule is CCOc1cc([C@@H](CS(C)(=O)=O)N2Cc3cccc(NC(=O)N(C)C)c3C2=O)ccc1OC. The molecule has 0 aliphatic carbocycles. The average Bonchev–Trinajstić information content (AvgIpc) is 3.09. The third-order valence-corrected chi connectivity index (χ3v) is 6.24. The topological polar surface area (TPSA) is 105 Å². The summed E-state index contributed by atoms with van der Waals surface area (Å²) in [4.78, 5) is 28.6. The highest BCUT2D eigenvalue weighted by Gasteiger charge is 2.37. The minimum absolute atomic E-state index is 0.218. The Labute approximate surface area is 194 Å². The molecule has 3 amide bonds. The number of urea groups is 1. The smallest absolute Gasteiger partial charge is 0.321 e. The molecule has 2 aromatic carbocycles. The third kappa shape index (κ3) is 5.39. The van der Waals surface area contributed by atoms with Crippen LogP contribution in [0.4, 0.5) is 10.5 Å². The number of methoxy groups -OCH3 is 1. The van der Waals surface area contributed by atoms with Crippen LogP contribution >= 0.6 is 0 Å². The monoisotopic (exact) mass is 475 g/mol. The summed E-state index contributed by atoms with van der Waals surface area (Å²) in [6, 6.07) is 9.26. The van der Waals surface area contributed by atoms with E-state index in [0.717, 1.165) is 6.26 Å². The number of benzene rings is 2. The van der Waals surface area contributed by atoms with Gasteiger partial charge in [0.15, 0.2) is 11.5 Å². The number of nitrogens with zero attached hydrogens (tertiary/aromatic N) is 2. The molecule has 1 aliphatic rings. The maximum absolute atomic E-state index is 13.5. The molecule has 1 atom stereocenters. The minimum Gasteiger partial charge on any atom is -0.493 e. The minimum atomic E-state index is -3.44. The van der Waals surface area contributed by atoms with Gasteiger partial charge in [-0.05, 0) is 36.2 Å². The molecule has 0 unspecified atom stereocenters. The zero-order valence-corrected chi connectivity index (χ0v) is 20.2. The summed E-state index contributed by atoms with van der Waals surface area (Å²) in [5.74, 6) is 0.383. The second-order valence-electron chi connectivity index (χ2n) is 8.05. The quantitative estimate of drug-likeness (QED) is 0.629. The van der Waals surface area contributed by atoms with Crippen molar-refractivity contribution in [2.24, 2.45) is 0 Å². The van der Waals surface area contributed by atoms with Crippen molar-refractivity contribution < 1.29 is 27.5 Å². The normalized spacial score (nSPS) is 14.0. The maximum atomic E-state index is 13.5. The van der Waals surface area contributed by atoms with Crippen LogP contribution in [0, 0.1) is 0 Å². The fourth-order valence-electron chi connectivity index (χ4n) is 3.79. The molecule has 0 saturated carbocycles. The van der Waals surface area contributed by atoms with Crippen molar-refractivity contribution in [1.29, 1.82) is 0 Å². The molecule has 33 heavy (non-hydrogen) atoms. The van der Waals surface area contributed by atoms with Crippen molar-refractivity contribution in [2.75, 3.05) is 45.1 Å². The van der Waals surface area contributed by atoms with E-state index in [2.05, 4.69) is 5.32 Å². The summed E-state index contributed by atoms with van der Waals surface area (Å²) in [6.45, 7) is 2.46. The maximum Gasteiger partial charge on any atom is 0.321 e. The van der Waals surface area contributed by atoms with Gasteiger partial charge in [-0.25, -0.2) is 13.2 Å². The molecule has 0 bridgehead atoms. The number of hydrogen-bond donors (Lipinski definition) is 1. The van der Waals surface area contributed by atoms with E-state index in [1.807, 2.05) is 6.92 Å². The van der Waals surface area contributed by atoms with E-state index in [-0.39, 0.29) is 24.2 Å². The van der Waals surface area contributed by atoms with Crippen LogP contribution in [-0.4, -0.2) is 70.0 Å². The highest BCUT2D eigenvalue weighted by Crippen LogP contribution is 2.38. The third-order valence-electron chi connectivity index (χ3n) is 5.32. The zero-order chi connectivity index (χ0) is 24.3. The van der Waals surface area contributed by atoms with Gasteiger partial charge in [0.05, 0.1) is 36.8 Å². The van der Waals surface area contributed by atoms with E-state index in [1.54, 1.807) is 50.5 Å². The molecule has 0 spiro atoms. The molecule has 2 aromatic rings. The van der Waals surface area contributed by atoms with Crippen molar-refractivity contribution in [3.8, 4) is 11.5 Å². The van der Waals surface area contributed by atoms with Crippen molar-refractivity contribution in [2.45, 2.75) is 19.5 Å². The van der Waals surface area contributed by atoms with Crippen LogP contribution in [0.25, 0.3) is 0 Å². The second kappa shape index (κ2) is 9.70. The molecule has 0 saturated heterocycles. The summed E-state index contributed by atoms with van der Waals surface area (Å²) >= 11 is 0. The lowest BCUT2D eigenvalue weighted by molar-refractivity contribution is 0.0719. The molecule has 10 heteroatoms. The van der Waals surface area contributed by atoms with Gasteiger partial charge >= 0.3 is 6.03 Å². The van der Waals surface area contributed by atoms with Gasteiger partial charge in [-0.1, -0.05) is 18.2 Å². The molecule has 3 rings (SSSR count). The van der Waals surface area contributed by atoms with Crippen molar-refractivity contribution in [3.05, 3.63) is 53.1 Å². The van der Waals surface area contributed by atoms with E-state index in [0.29, 0.717) is 40.5 Å². The van der Waals surface area contributed by atoms with E-state index in [9.17, 15) is 18.0 Å². The number of amides is 3. The highest BCUT2D eigenvalue weighted by atomic mass is 32.2. The standard InChI is InChI=1S/C23H29N3O6S/c1-6-32-20-12-15(10-11-19(20)31-4)18(14-33(5,29)30)26-13-16-8-7-9-17(21(16)22(26)27)24-23(28)25(2)3/h7-12,18H,6,13-14H2,1-5H3,(H,24,28)/t18-/m1/s1. The van der Waals surface area contributed by atoms with E-state index in [4.69, 9.17) is 9.47 Å². The summed E-state index contributed by atoms with van der Waals surface area (Å²) in [5.41, 5.74) is 2.09. The molecular weight excluding hydrogens is 446 g/mol. The van der Waals surface area contributed by atoms with E-state index >= 15 is 0 Å². The summed E-state index contributed by atoms with van der Waals surface area (Å²) in [5, 5.41) is 2.75. The van der Waals surface area contributed by atoms with E-state index in [1.165, 1.54) is 16.9 Å². The number of carbonyl (C=O) groups is 2. The molecule has 178 valence electrons. The number of ether oxygens (including phenoxy) is 2. The fraction of sp³-hybridized carbons (Fsp3) is 0.391. The van der Waals surface area contributed by atoms with Crippen LogP contribution in [0.3, 0.4) is 0 Å². The number of hydrogen-bond acceptors (Lipinski definition) is 6. The second-order valence-corrected chi connectivity index (χ2v) is 10.2. The van der Waals surface area contributed by atoms with Crippen molar-refractivity contribution in [3.63, 3.8) is 0 Å². The molecule has 0 aromatic heterocycles. The van der Waals surface area contributed by atoms with Gasteiger partial charge in [0.25, 0.3) is 5.91 Å². The van der Waals surface area contributed by atoms with Crippen molar-refractivity contribution in [1.82, 2.24) is 9.80 Å². The predicted molar refractivity (Wildman–Crippen MR) is 126 cm³/mol. The van der Waals surface area contributed by atoms with E-state index < -0.39 is 15.9 Å². The highest BCUT2D eigenvalue weighted by molar-refractivity contribution is 7.90. The Morgan fingerprint density at radius 1 is 1.21 bits per heavy atom. The lowest BCUT2D eigenvalue weighted by atomic mass is 10.1. The Bertz CT molecular complexity index is 1160. The van der Waals surface area contributed by atoms with Crippen LogP contribution in [0.1, 0.15) is 34.5 Å². The first-order valence-electron chi connectivity index (χ1n) is 10.4. The summed E-state index contributed by atoms with van der Waals surface area (Å²) in [6.07, 6.45) is 1.14. The Balaban J connectivity index is 2.03. The van der Waals surface area contributed by atoms with Gasteiger partial charge < -0.3 is 24.6 Å². The van der Waals surface area contributed by atoms with Gasteiger partial charge in [-0.2, -0.15) is 0 Å². The number of rotatable bonds is 8. The first-order chi connectivity index (χ1) is 15.6. The lowest BCUT2D eigenvalue weighted by Gasteiger charge is -2.28. The largest absolute Gasteiger partial charge is 0.493 e. The molecule has 1 heterocycles. The fourth-order valence-corrected chi connectivity index (χ4v) is 4.73. The number of nitrogens with one attached hydrogen (secondary N) is 1. The van der Waals surface area contributed by atoms with Gasteiger partial charge in [0.2, 0.25) is 0 Å². The molecule has 9 nitrogen and oxygen atoms in total. The van der Waals surface area contributed by atoms with Crippen LogP contribution in [-0.2, 0) is 16.4 Å². The number of anilines is 1. The Morgan fingerprint density at radius 3 is 2.55 bits per heavy atom. The van der Waals surface area contributed by atoms with Crippen LogP contribution in [0.2, 0.25) is 0 Å². The molecule has 1 N–H and O–H groups in total. The van der Waals surface area contributed by atoms with Gasteiger partial charge in [0.1, 0.15) is 9.84 Å².